The normalized spacial score (nSPS) is 13.4. The van der Waals surface area contributed by atoms with Crippen LogP contribution in [-0.4, -0.2) is 111 Å². The van der Waals surface area contributed by atoms with Gasteiger partial charge in [0.05, 0.1) is 44.0 Å². The first kappa shape index (κ1) is 57.7. The molecule has 8 N–H and O–H groups in total. The molecule has 79 heavy (non-hydrogen) atoms. The summed E-state index contributed by atoms with van der Waals surface area (Å²) in [4.78, 5) is 0.532. The number of aryl methyl sites for hydroxylation is 1. The van der Waals surface area contributed by atoms with Crippen LogP contribution in [0.4, 0.5) is 33.6 Å². The number of thiazole rings is 1. The number of fused-ring (bicyclic) bond motifs is 2. The highest BCUT2D eigenvalue weighted by atomic mass is 32.2. The van der Waals surface area contributed by atoms with Gasteiger partial charge in [-0.3, -0.25) is 22.8 Å². The van der Waals surface area contributed by atoms with E-state index in [4.69, 9.17) is 4.74 Å². The largest absolute Gasteiger partial charge is 0.505 e. The molecule has 0 fully saturated rings. The fourth-order valence-electron chi connectivity index (χ4n) is 7.41. The summed E-state index contributed by atoms with van der Waals surface area (Å²) in [6.45, 7) is 1.23. The monoisotopic (exact) mass is 1220 g/mol. The Hall–Kier alpha value is -7.46. The Morgan fingerprint density at radius 3 is 1.90 bits per heavy atom. The molecular formula is C43H35N9O20S7. The highest BCUT2D eigenvalue weighted by Gasteiger charge is 2.27. The molecule has 0 bridgehead atoms. The lowest BCUT2D eigenvalue weighted by Crippen LogP contribution is -2.08. The Balaban J connectivity index is 1.16. The van der Waals surface area contributed by atoms with Crippen LogP contribution in [0.3, 0.4) is 0 Å². The van der Waals surface area contributed by atoms with Gasteiger partial charge < -0.3 is 19.5 Å². The molecular weight excluding hydrogens is 1190 g/mol. The second-order valence-corrected chi connectivity index (χ2v) is 25.5. The summed E-state index contributed by atoms with van der Waals surface area (Å²) < 4.78 is 198. The van der Waals surface area contributed by atoms with E-state index in [-0.39, 0.29) is 78.8 Å². The lowest BCUT2D eigenvalue weighted by Gasteiger charge is -2.11. The lowest BCUT2D eigenvalue weighted by molar-refractivity contribution is 0.317. The molecule has 8 rings (SSSR count). The Morgan fingerprint density at radius 1 is 0.658 bits per heavy atom. The van der Waals surface area contributed by atoms with Gasteiger partial charge in [0.15, 0.2) is 22.5 Å². The number of hydrogen-bond donors (Lipinski definition) is 8. The number of aromatic nitrogens is 3. The van der Waals surface area contributed by atoms with Crippen LogP contribution in [0.15, 0.2) is 147 Å². The quantitative estimate of drug-likeness (QED) is 0.0162. The molecule has 2 heterocycles. The Bertz CT molecular complexity index is 4460. The van der Waals surface area contributed by atoms with E-state index in [2.05, 4.69) is 40.8 Å². The van der Waals surface area contributed by atoms with E-state index in [0.29, 0.717) is 28.4 Å². The predicted molar refractivity (Wildman–Crippen MR) is 280 cm³/mol. The number of azo groups is 3. The van der Waals surface area contributed by atoms with Gasteiger partial charge in [-0.1, -0.05) is 47.7 Å². The Morgan fingerprint density at radius 2 is 1.28 bits per heavy atom. The molecule has 1 atom stereocenters. The number of benzene rings is 6. The zero-order valence-corrected chi connectivity index (χ0v) is 45.1. The third-order valence-corrected chi connectivity index (χ3v) is 16.6. The van der Waals surface area contributed by atoms with Gasteiger partial charge in [0.1, 0.15) is 43.8 Å². The van der Waals surface area contributed by atoms with Crippen molar-refractivity contribution in [1.29, 1.82) is 0 Å². The first-order chi connectivity index (χ1) is 36.9. The van der Waals surface area contributed by atoms with Gasteiger partial charge >= 0.3 is 0 Å². The van der Waals surface area contributed by atoms with Gasteiger partial charge in [-0.25, -0.2) is 9.19 Å². The second kappa shape index (κ2) is 22.0. The smallest absolute Gasteiger partial charge is 0.297 e. The van der Waals surface area contributed by atoms with Crippen LogP contribution >= 0.6 is 11.3 Å². The van der Waals surface area contributed by atoms with Gasteiger partial charge in [-0.05, 0) is 79.1 Å². The summed E-state index contributed by atoms with van der Waals surface area (Å²) in [6.07, 6.45) is -0.218. The number of hydrogen-bond acceptors (Lipinski definition) is 23. The van der Waals surface area contributed by atoms with Crippen LogP contribution < -0.4 is 4.74 Å². The maximum absolute atomic E-state index is 13.1. The van der Waals surface area contributed by atoms with Crippen LogP contribution in [0.5, 0.6) is 17.4 Å². The van der Waals surface area contributed by atoms with E-state index in [0.717, 1.165) is 41.7 Å². The summed E-state index contributed by atoms with van der Waals surface area (Å²) in [5, 5.41) is 51.0. The number of phenols is 1. The topological polar surface area (TPSA) is 464 Å². The number of aromatic hydroxyl groups is 2. The van der Waals surface area contributed by atoms with Crippen molar-refractivity contribution in [3.63, 3.8) is 0 Å². The van der Waals surface area contributed by atoms with Gasteiger partial charge in [-0.15, -0.1) is 30.7 Å². The molecule has 0 aliphatic heterocycles. The molecule has 0 aliphatic rings. The van der Waals surface area contributed by atoms with Crippen molar-refractivity contribution in [2.75, 3.05) is 12.4 Å². The van der Waals surface area contributed by atoms with Gasteiger partial charge in [0.2, 0.25) is 11.0 Å². The van der Waals surface area contributed by atoms with Crippen molar-refractivity contribution in [2.24, 2.45) is 30.7 Å². The van der Waals surface area contributed by atoms with Crippen molar-refractivity contribution < 1.29 is 88.6 Å². The number of phenolic OH excluding ortho intramolecular Hbond substituents is 1. The van der Waals surface area contributed by atoms with Gasteiger partial charge in [0.25, 0.3) is 50.6 Å². The fourth-order valence-corrected chi connectivity index (χ4v) is 12.0. The van der Waals surface area contributed by atoms with E-state index in [1.54, 1.807) is 25.1 Å². The van der Waals surface area contributed by atoms with Crippen molar-refractivity contribution in [3.8, 4) is 34.3 Å². The Kier molecular flexibility index (Phi) is 16.1. The minimum Gasteiger partial charge on any atom is -0.505 e. The van der Waals surface area contributed by atoms with Crippen LogP contribution in [0.1, 0.15) is 17.5 Å². The van der Waals surface area contributed by atoms with E-state index in [9.17, 15) is 83.8 Å². The van der Waals surface area contributed by atoms with Crippen LogP contribution in [0.2, 0.25) is 0 Å². The van der Waals surface area contributed by atoms with Gasteiger partial charge in [0, 0.05) is 22.4 Å². The van der Waals surface area contributed by atoms with Crippen LogP contribution in [0.25, 0.3) is 37.9 Å². The zero-order valence-electron chi connectivity index (χ0n) is 39.4. The summed E-state index contributed by atoms with van der Waals surface area (Å²) in [7, 11) is -24.8. The van der Waals surface area contributed by atoms with Crippen molar-refractivity contribution in [3.05, 3.63) is 108 Å². The molecule has 0 saturated carbocycles. The molecule has 0 spiro atoms. The van der Waals surface area contributed by atoms with Crippen LogP contribution in [0, 0.1) is 6.92 Å². The molecule has 1 unspecified atom stereocenters. The SMILES string of the molecule is Cc1cc(N=Nc2ccc3c(S(=O)(=O)O)c(N=Nc4c(-c5ccccc5)nn(-c5cc(S(=O)(=O)O)cc(S(=O)(=O)O)c5)c4O)ccc3c2O)c(OCCCS(=O)(=O)O)cc1N=Nc1nc2c(S(=O)(=O)O)cc(CS(=O)O)cc2s1. The summed E-state index contributed by atoms with van der Waals surface area (Å²) >= 11 is -1.53. The first-order valence-electron chi connectivity index (χ1n) is 21.6. The molecule has 0 saturated heterocycles. The van der Waals surface area contributed by atoms with Crippen LogP contribution in [-0.2, 0) is 67.4 Å². The van der Waals surface area contributed by atoms with E-state index in [1.807, 2.05) is 0 Å². The first-order valence-corrected chi connectivity index (χ1v) is 31.0. The number of rotatable bonds is 19. The molecule has 0 aliphatic carbocycles. The molecule has 6 aromatic carbocycles. The minimum absolute atomic E-state index is 0.0600. The summed E-state index contributed by atoms with van der Waals surface area (Å²) in [6, 6.07) is 19.0. The highest BCUT2D eigenvalue weighted by molar-refractivity contribution is 7.87. The van der Waals surface area contributed by atoms with Crippen molar-refractivity contribution in [2.45, 2.75) is 38.7 Å². The third kappa shape index (κ3) is 13.4. The number of ether oxygens (including phenoxy) is 1. The molecule has 414 valence electrons. The van der Waals surface area contributed by atoms with E-state index in [1.165, 1.54) is 30.3 Å². The van der Waals surface area contributed by atoms with Crippen molar-refractivity contribution in [1.82, 2.24) is 14.8 Å². The maximum atomic E-state index is 13.1. The average molecular weight is 1220 g/mol. The third-order valence-electron chi connectivity index (χ3n) is 10.9. The van der Waals surface area contributed by atoms with E-state index < -0.39 is 121 Å². The molecule has 29 nitrogen and oxygen atoms in total. The molecule has 2 aromatic heterocycles. The zero-order chi connectivity index (χ0) is 57.6. The fraction of sp³-hybridized carbons (Fsp3) is 0.116. The summed E-state index contributed by atoms with van der Waals surface area (Å²) in [5.41, 5.74) is -1.68. The van der Waals surface area contributed by atoms with Crippen molar-refractivity contribution >= 4 is 128 Å². The minimum atomic E-state index is -5.28. The number of nitrogens with zero attached hydrogens (tertiary/aromatic N) is 9. The molecule has 8 aromatic rings. The molecule has 36 heteroatoms. The highest BCUT2D eigenvalue weighted by Crippen LogP contribution is 2.45. The Labute approximate surface area is 452 Å². The van der Waals surface area contributed by atoms with E-state index >= 15 is 0 Å². The predicted octanol–water partition coefficient (Wildman–Crippen LogP) is 8.63. The summed E-state index contributed by atoms with van der Waals surface area (Å²) in [5.74, 6) is -2.92. The maximum Gasteiger partial charge on any atom is 0.297 e. The molecule has 0 amide bonds. The lowest BCUT2D eigenvalue weighted by atomic mass is 10.1. The standard InChI is InChI=1S/C43H35N9O20S7/c1-22-14-33(34(72-12-5-13-75(57,58)59)20-32(22)47-50-43-44-38-35(73-43)15-23(21-74(55)56)16-36(38)78(66,67)68)48-45-30-10-9-29-28(40(30)53)8-11-31(41(29)79(69,70)71)46-49-39-37(24-6-3-2-4-7-24)51-52(42(39)54)25-17-26(76(60,61)62)19-27(18-25)77(63,64)65/h2-4,6-11,14-20,53-54H,5,12-13,21H2,1H3,(H,55,56)(H,57,58,59)(H,60,61,62)(H,63,64,65)(H,66,67,68)(H,69,70,71). The average Bonchev–Trinajstić information content (AvgIpc) is 4.01. The van der Waals surface area contributed by atoms with Gasteiger partial charge in [-0.2, -0.15) is 51.9 Å². The second-order valence-electron chi connectivity index (χ2n) is 16.4. The molecule has 0 radical (unpaired) electrons.